The van der Waals surface area contributed by atoms with Crippen molar-refractivity contribution < 1.29 is 21.6 Å². The molecule has 0 fully saturated rings. The van der Waals surface area contributed by atoms with Crippen molar-refractivity contribution in [2.75, 3.05) is 30.8 Å². The van der Waals surface area contributed by atoms with Gasteiger partial charge in [0.25, 0.3) is 0 Å². The van der Waals surface area contributed by atoms with E-state index in [4.69, 9.17) is 4.74 Å². The Kier molecular flexibility index (Phi) is 6.27. The average Bonchev–Trinajstić information content (AvgIpc) is 2.57. The molecule has 0 spiro atoms. The molecule has 0 aliphatic carbocycles. The molecular formula is C17H22N2O5S2. The number of aryl methyl sites for hydroxylation is 1. The van der Waals surface area contributed by atoms with Crippen molar-refractivity contribution in [3.63, 3.8) is 0 Å². The summed E-state index contributed by atoms with van der Waals surface area (Å²) in [6.07, 6.45) is 1.09. The van der Waals surface area contributed by atoms with Gasteiger partial charge < -0.3 is 4.74 Å². The fourth-order valence-electron chi connectivity index (χ4n) is 2.39. The molecule has 1 N–H and O–H groups in total. The van der Waals surface area contributed by atoms with Crippen LogP contribution in [-0.4, -0.2) is 43.3 Å². The second kappa shape index (κ2) is 8.07. The van der Waals surface area contributed by atoms with E-state index in [0.717, 1.165) is 11.8 Å². The first-order valence-corrected chi connectivity index (χ1v) is 11.1. The Morgan fingerprint density at radius 3 is 2.23 bits per heavy atom. The number of benzene rings is 2. The normalized spacial score (nSPS) is 12.0. The van der Waals surface area contributed by atoms with E-state index in [1.54, 1.807) is 30.3 Å². The van der Waals surface area contributed by atoms with Crippen molar-refractivity contribution in [1.29, 1.82) is 0 Å². The summed E-state index contributed by atoms with van der Waals surface area (Å²) >= 11 is 0. The second-order valence-corrected chi connectivity index (χ2v) is 9.42. The fourth-order valence-corrected chi connectivity index (χ4v) is 4.33. The molecule has 0 unspecified atom stereocenters. The highest BCUT2D eigenvalue weighted by molar-refractivity contribution is 7.92. The van der Waals surface area contributed by atoms with Gasteiger partial charge in [-0.25, -0.2) is 21.6 Å². The highest BCUT2D eigenvalue weighted by Crippen LogP contribution is 2.19. The van der Waals surface area contributed by atoms with Gasteiger partial charge in [0.2, 0.25) is 20.0 Å². The Bertz CT molecular complexity index is 955. The van der Waals surface area contributed by atoms with Crippen LogP contribution >= 0.6 is 0 Å². The predicted octanol–water partition coefficient (Wildman–Crippen LogP) is 1.75. The van der Waals surface area contributed by atoms with Crippen LogP contribution in [0.3, 0.4) is 0 Å². The molecule has 2 aromatic carbocycles. The first-order valence-electron chi connectivity index (χ1n) is 7.81. The lowest BCUT2D eigenvalue weighted by molar-refractivity contribution is 0.414. The number of nitrogens with one attached hydrogen (secondary N) is 1. The summed E-state index contributed by atoms with van der Waals surface area (Å²) < 4.78 is 57.4. The summed E-state index contributed by atoms with van der Waals surface area (Å²) in [7, 11) is -5.80. The van der Waals surface area contributed by atoms with Gasteiger partial charge >= 0.3 is 0 Å². The molecule has 0 radical (unpaired) electrons. The summed E-state index contributed by atoms with van der Waals surface area (Å²) in [5.74, 6) is 0.548. The summed E-state index contributed by atoms with van der Waals surface area (Å²) in [6.45, 7) is 1.78. The lowest BCUT2D eigenvalue weighted by Gasteiger charge is -2.23. The number of anilines is 1. The Morgan fingerprint density at radius 2 is 1.69 bits per heavy atom. The van der Waals surface area contributed by atoms with Crippen molar-refractivity contribution in [3.05, 3.63) is 54.1 Å². The number of methoxy groups -OCH3 is 1. The third-order valence-corrected chi connectivity index (χ3v) is 6.34. The van der Waals surface area contributed by atoms with Gasteiger partial charge in [-0.1, -0.05) is 12.1 Å². The average molecular weight is 399 g/mol. The van der Waals surface area contributed by atoms with Gasteiger partial charge in [-0.2, -0.15) is 0 Å². The van der Waals surface area contributed by atoms with Crippen molar-refractivity contribution in [3.8, 4) is 5.75 Å². The molecule has 0 aliphatic heterocycles. The van der Waals surface area contributed by atoms with Crippen LogP contribution in [0.2, 0.25) is 0 Å². The number of rotatable bonds is 8. The minimum atomic E-state index is -3.74. The van der Waals surface area contributed by atoms with Crippen LogP contribution in [0, 0.1) is 6.92 Å². The minimum Gasteiger partial charge on any atom is -0.497 e. The molecule has 142 valence electrons. The molecule has 0 bridgehead atoms. The van der Waals surface area contributed by atoms with E-state index in [1.807, 2.05) is 13.0 Å². The quantitative estimate of drug-likeness (QED) is 0.731. The van der Waals surface area contributed by atoms with E-state index in [2.05, 4.69) is 4.72 Å². The first-order chi connectivity index (χ1) is 12.1. The Hall–Kier alpha value is -2.10. The van der Waals surface area contributed by atoms with E-state index in [-0.39, 0.29) is 18.0 Å². The molecular weight excluding hydrogens is 376 g/mol. The molecule has 2 aromatic rings. The summed E-state index contributed by atoms with van der Waals surface area (Å²) in [5, 5.41) is 0. The monoisotopic (exact) mass is 398 g/mol. The number of hydrogen-bond acceptors (Lipinski definition) is 5. The van der Waals surface area contributed by atoms with Gasteiger partial charge in [-0.3, -0.25) is 4.31 Å². The van der Waals surface area contributed by atoms with Gasteiger partial charge in [0, 0.05) is 13.1 Å². The van der Waals surface area contributed by atoms with E-state index in [1.165, 1.54) is 23.5 Å². The SMILES string of the molecule is COc1ccc(S(=O)(=O)NCCN(c2cccc(C)c2)S(C)(=O)=O)cc1. The Labute approximate surface area is 154 Å². The summed E-state index contributed by atoms with van der Waals surface area (Å²) in [5.41, 5.74) is 1.41. The largest absolute Gasteiger partial charge is 0.497 e. The third kappa shape index (κ3) is 5.20. The lowest BCUT2D eigenvalue weighted by atomic mass is 10.2. The van der Waals surface area contributed by atoms with Gasteiger partial charge in [0.1, 0.15) is 5.75 Å². The second-order valence-electron chi connectivity index (χ2n) is 5.75. The van der Waals surface area contributed by atoms with E-state index in [9.17, 15) is 16.8 Å². The zero-order valence-corrected chi connectivity index (χ0v) is 16.5. The van der Waals surface area contributed by atoms with Gasteiger partial charge in [-0.15, -0.1) is 0 Å². The van der Waals surface area contributed by atoms with Gasteiger partial charge in [-0.05, 0) is 48.9 Å². The van der Waals surface area contributed by atoms with Crippen molar-refractivity contribution in [2.45, 2.75) is 11.8 Å². The maximum Gasteiger partial charge on any atom is 0.240 e. The summed E-state index contributed by atoms with van der Waals surface area (Å²) in [6, 6.07) is 13.0. The standard InChI is InChI=1S/C17H22N2O5S2/c1-14-5-4-6-15(13-14)19(25(3,20)21)12-11-18-26(22,23)17-9-7-16(24-2)8-10-17/h4-10,13,18H,11-12H2,1-3H3. The predicted molar refractivity (Wildman–Crippen MR) is 102 cm³/mol. The maximum atomic E-state index is 12.3. The van der Waals surface area contributed by atoms with Gasteiger partial charge in [0.15, 0.2) is 0 Å². The zero-order chi connectivity index (χ0) is 19.4. The van der Waals surface area contributed by atoms with Crippen molar-refractivity contribution in [2.24, 2.45) is 0 Å². The molecule has 0 aliphatic rings. The fraction of sp³-hybridized carbons (Fsp3) is 0.294. The maximum absolute atomic E-state index is 12.3. The molecule has 0 heterocycles. The smallest absolute Gasteiger partial charge is 0.240 e. The molecule has 9 heteroatoms. The van der Waals surface area contributed by atoms with Crippen molar-refractivity contribution >= 4 is 25.7 Å². The molecule has 0 saturated carbocycles. The molecule has 0 saturated heterocycles. The van der Waals surface area contributed by atoms with E-state index >= 15 is 0 Å². The minimum absolute atomic E-state index is 0.0162. The van der Waals surface area contributed by atoms with Crippen LogP contribution in [0.25, 0.3) is 0 Å². The molecule has 2 rings (SSSR count). The molecule has 0 amide bonds. The van der Waals surface area contributed by atoms with Crippen LogP contribution in [0.5, 0.6) is 5.75 Å². The molecule has 0 aromatic heterocycles. The molecule has 26 heavy (non-hydrogen) atoms. The Morgan fingerprint density at radius 1 is 1.04 bits per heavy atom. The van der Waals surface area contributed by atoms with Crippen LogP contribution in [0.15, 0.2) is 53.4 Å². The van der Waals surface area contributed by atoms with Gasteiger partial charge in [0.05, 0.1) is 23.9 Å². The zero-order valence-electron chi connectivity index (χ0n) is 14.8. The highest BCUT2D eigenvalue weighted by Gasteiger charge is 2.19. The molecule has 0 atom stereocenters. The van der Waals surface area contributed by atoms with E-state index < -0.39 is 20.0 Å². The molecule has 7 nitrogen and oxygen atoms in total. The summed E-state index contributed by atoms with van der Waals surface area (Å²) in [4.78, 5) is 0.0831. The van der Waals surface area contributed by atoms with Crippen molar-refractivity contribution in [1.82, 2.24) is 4.72 Å². The lowest BCUT2D eigenvalue weighted by Crippen LogP contribution is -2.38. The van der Waals surface area contributed by atoms with Crippen LogP contribution in [0.1, 0.15) is 5.56 Å². The van der Waals surface area contributed by atoms with Crippen LogP contribution in [0.4, 0.5) is 5.69 Å². The number of ether oxygens (including phenoxy) is 1. The number of sulfonamides is 2. The topological polar surface area (TPSA) is 92.8 Å². The third-order valence-electron chi connectivity index (χ3n) is 3.67. The number of hydrogen-bond donors (Lipinski definition) is 1. The van der Waals surface area contributed by atoms with E-state index in [0.29, 0.717) is 11.4 Å². The first kappa shape index (κ1) is 20.2. The van der Waals surface area contributed by atoms with Crippen LogP contribution < -0.4 is 13.8 Å². The number of nitrogens with zero attached hydrogens (tertiary/aromatic N) is 1. The highest BCUT2D eigenvalue weighted by atomic mass is 32.2. The Balaban J connectivity index is 2.11. The van der Waals surface area contributed by atoms with Crippen LogP contribution in [-0.2, 0) is 20.0 Å².